The summed E-state index contributed by atoms with van der Waals surface area (Å²) in [6.07, 6.45) is 3.28. The summed E-state index contributed by atoms with van der Waals surface area (Å²) >= 11 is 6.11. The summed E-state index contributed by atoms with van der Waals surface area (Å²) < 4.78 is 0. The van der Waals surface area contributed by atoms with Gasteiger partial charge in [0.05, 0.1) is 34.9 Å². The van der Waals surface area contributed by atoms with Crippen molar-refractivity contribution in [2.45, 2.75) is 12.5 Å². The van der Waals surface area contributed by atoms with Crippen LogP contribution in [0.25, 0.3) is 0 Å². The van der Waals surface area contributed by atoms with Gasteiger partial charge >= 0.3 is 0 Å². The van der Waals surface area contributed by atoms with Crippen LogP contribution in [0.2, 0.25) is 5.02 Å². The molecule has 1 aromatic heterocycles. The zero-order chi connectivity index (χ0) is 19.1. The summed E-state index contributed by atoms with van der Waals surface area (Å²) in [5, 5.41) is 6.06. The van der Waals surface area contributed by atoms with Gasteiger partial charge in [-0.25, -0.2) is 0 Å². The van der Waals surface area contributed by atoms with Crippen molar-refractivity contribution in [2.24, 2.45) is 0 Å². The molecule has 1 unspecified atom stereocenters. The third kappa shape index (κ3) is 5.15. The van der Waals surface area contributed by atoms with Gasteiger partial charge in [0, 0.05) is 6.20 Å². The maximum absolute atomic E-state index is 12.7. The zero-order valence-corrected chi connectivity index (χ0v) is 15.2. The number of carbonyl (C=O) groups excluding carboxylic acids is 2. The van der Waals surface area contributed by atoms with E-state index in [9.17, 15) is 9.59 Å². The largest absolute Gasteiger partial charge is 0.345 e. The zero-order valence-electron chi connectivity index (χ0n) is 14.4. The van der Waals surface area contributed by atoms with Crippen LogP contribution in [0, 0.1) is 0 Å². The van der Waals surface area contributed by atoms with E-state index in [0.29, 0.717) is 16.3 Å². The molecule has 136 valence electrons. The number of hydrogen-bond acceptors (Lipinski definition) is 3. The molecule has 0 fully saturated rings. The predicted molar refractivity (Wildman–Crippen MR) is 106 cm³/mol. The first-order valence-electron chi connectivity index (χ1n) is 8.43. The van der Waals surface area contributed by atoms with Gasteiger partial charge in [-0.05, 0) is 29.8 Å². The molecule has 1 heterocycles. The van der Waals surface area contributed by atoms with E-state index in [1.165, 1.54) is 0 Å². The Hall–Kier alpha value is -3.18. The van der Waals surface area contributed by atoms with Crippen LogP contribution in [0.4, 0.5) is 5.69 Å². The van der Waals surface area contributed by atoms with Crippen molar-refractivity contribution >= 4 is 29.1 Å². The van der Waals surface area contributed by atoms with Gasteiger partial charge in [-0.3, -0.25) is 14.6 Å². The van der Waals surface area contributed by atoms with E-state index in [4.69, 9.17) is 11.6 Å². The molecule has 3 aromatic rings. The van der Waals surface area contributed by atoms with Crippen LogP contribution in [-0.2, 0) is 4.79 Å². The molecule has 2 amide bonds. The van der Waals surface area contributed by atoms with Crippen LogP contribution in [0.15, 0.2) is 79.1 Å². The second-order valence-electron chi connectivity index (χ2n) is 5.91. The molecule has 0 saturated heterocycles. The molecule has 5 nitrogen and oxygen atoms in total. The molecule has 27 heavy (non-hydrogen) atoms. The Bertz CT molecular complexity index is 917. The number of amides is 2. The molecule has 0 aliphatic heterocycles. The number of aromatic nitrogens is 1. The number of carbonyl (C=O) groups is 2. The van der Waals surface area contributed by atoms with Crippen molar-refractivity contribution in [1.82, 2.24) is 10.3 Å². The van der Waals surface area contributed by atoms with E-state index in [1.54, 1.807) is 48.8 Å². The SMILES string of the molecule is O=C(CC(NC(=O)c1ccccc1Cl)c1ccccc1)Nc1cccnc1. The second-order valence-corrected chi connectivity index (χ2v) is 6.32. The Kier molecular flexibility index (Phi) is 6.18. The molecule has 0 aliphatic carbocycles. The Morgan fingerprint density at radius 2 is 1.70 bits per heavy atom. The second kappa shape index (κ2) is 8.96. The van der Waals surface area contributed by atoms with Gasteiger partial charge in [-0.2, -0.15) is 0 Å². The molecule has 0 aliphatic rings. The highest BCUT2D eigenvalue weighted by Crippen LogP contribution is 2.21. The van der Waals surface area contributed by atoms with Crippen molar-refractivity contribution in [1.29, 1.82) is 0 Å². The van der Waals surface area contributed by atoms with Gasteiger partial charge in [-0.1, -0.05) is 54.1 Å². The minimum atomic E-state index is -0.494. The summed E-state index contributed by atoms with van der Waals surface area (Å²) in [5.74, 6) is -0.556. The lowest BCUT2D eigenvalue weighted by Gasteiger charge is -2.19. The molecular formula is C21H18ClN3O2. The van der Waals surface area contributed by atoms with E-state index in [0.717, 1.165) is 5.56 Å². The van der Waals surface area contributed by atoms with Crippen LogP contribution < -0.4 is 10.6 Å². The van der Waals surface area contributed by atoms with Crippen LogP contribution >= 0.6 is 11.6 Å². The first-order valence-corrected chi connectivity index (χ1v) is 8.81. The van der Waals surface area contributed by atoms with E-state index in [-0.39, 0.29) is 18.2 Å². The van der Waals surface area contributed by atoms with Crippen LogP contribution in [-0.4, -0.2) is 16.8 Å². The smallest absolute Gasteiger partial charge is 0.253 e. The highest BCUT2D eigenvalue weighted by atomic mass is 35.5. The van der Waals surface area contributed by atoms with E-state index in [2.05, 4.69) is 15.6 Å². The average molecular weight is 380 g/mol. The standard InChI is InChI=1S/C21H18ClN3O2/c22-18-11-5-4-10-17(18)21(27)25-19(15-7-2-1-3-8-15)13-20(26)24-16-9-6-12-23-14-16/h1-12,14,19H,13H2,(H,24,26)(H,25,27). The average Bonchev–Trinajstić information content (AvgIpc) is 2.69. The molecule has 0 bridgehead atoms. The topological polar surface area (TPSA) is 71.1 Å². The summed E-state index contributed by atoms with van der Waals surface area (Å²) in [6.45, 7) is 0. The Morgan fingerprint density at radius 1 is 0.963 bits per heavy atom. The molecule has 2 N–H and O–H groups in total. The molecule has 6 heteroatoms. The number of nitrogens with zero attached hydrogens (tertiary/aromatic N) is 1. The minimum absolute atomic E-state index is 0.0785. The monoisotopic (exact) mass is 379 g/mol. The Balaban J connectivity index is 1.76. The fourth-order valence-corrected chi connectivity index (χ4v) is 2.87. The van der Waals surface area contributed by atoms with E-state index < -0.39 is 6.04 Å². The first-order chi connectivity index (χ1) is 13.1. The summed E-state index contributed by atoms with van der Waals surface area (Å²) in [5.41, 5.74) is 1.80. The molecule has 3 rings (SSSR count). The quantitative estimate of drug-likeness (QED) is 0.673. The lowest BCUT2D eigenvalue weighted by atomic mass is 10.0. The van der Waals surface area contributed by atoms with Crippen molar-refractivity contribution < 1.29 is 9.59 Å². The molecule has 0 spiro atoms. The summed E-state index contributed by atoms with van der Waals surface area (Å²) in [4.78, 5) is 29.1. The van der Waals surface area contributed by atoms with Crippen molar-refractivity contribution in [3.05, 3.63) is 95.3 Å². The minimum Gasteiger partial charge on any atom is -0.345 e. The van der Waals surface area contributed by atoms with Gasteiger partial charge in [0.2, 0.25) is 5.91 Å². The van der Waals surface area contributed by atoms with Crippen LogP contribution in [0.5, 0.6) is 0 Å². The predicted octanol–water partition coefficient (Wildman–Crippen LogP) is 4.23. The number of pyridine rings is 1. The lowest BCUT2D eigenvalue weighted by Crippen LogP contribution is -2.31. The highest BCUT2D eigenvalue weighted by molar-refractivity contribution is 6.33. The number of halogens is 1. The number of anilines is 1. The molecular weight excluding hydrogens is 362 g/mol. The molecule has 0 saturated carbocycles. The molecule has 0 radical (unpaired) electrons. The summed E-state index contributed by atoms with van der Waals surface area (Å²) in [7, 11) is 0. The van der Waals surface area contributed by atoms with Crippen LogP contribution in [0.3, 0.4) is 0 Å². The first kappa shape index (κ1) is 18.6. The van der Waals surface area contributed by atoms with Crippen molar-refractivity contribution in [3.63, 3.8) is 0 Å². The summed E-state index contributed by atoms with van der Waals surface area (Å²) in [6, 6.07) is 19.2. The van der Waals surface area contributed by atoms with Gasteiger partial charge in [0.15, 0.2) is 0 Å². The molecule has 1 atom stereocenters. The van der Waals surface area contributed by atoms with Gasteiger partial charge in [0.1, 0.15) is 0 Å². The van der Waals surface area contributed by atoms with Crippen LogP contribution in [0.1, 0.15) is 28.4 Å². The fraction of sp³-hybridized carbons (Fsp3) is 0.0952. The lowest BCUT2D eigenvalue weighted by molar-refractivity contribution is -0.116. The highest BCUT2D eigenvalue weighted by Gasteiger charge is 2.20. The molecule has 2 aromatic carbocycles. The third-order valence-electron chi connectivity index (χ3n) is 3.96. The fourth-order valence-electron chi connectivity index (χ4n) is 2.65. The van der Waals surface area contributed by atoms with Crippen molar-refractivity contribution in [2.75, 3.05) is 5.32 Å². The number of benzene rings is 2. The number of hydrogen-bond donors (Lipinski definition) is 2. The van der Waals surface area contributed by atoms with Gasteiger partial charge < -0.3 is 10.6 Å². The maximum Gasteiger partial charge on any atom is 0.253 e. The van der Waals surface area contributed by atoms with Gasteiger partial charge in [-0.15, -0.1) is 0 Å². The number of rotatable bonds is 6. The van der Waals surface area contributed by atoms with E-state index >= 15 is 0 Å². The van der Waals surface area contributed by atoms with Crippen molar-refractivity contribution in [3.8, 4) is 0 Å². The number of nitrogens with one attached hydrogen (secondary N) is 2. The Morgan fingerprint density at radius 3 is 2.41 bits per heavy atom. The van der Waals surface area contributed by atoms with Gasteiger partial charge in [0.25, 0.3) is 5.91 Å². The third-order valence-corrected chi connectivity index (χ3v) is 4.29. The van der Waals surface area contributed by atoms with E-state index in [1.807, 2.05) is 30.3 Å². The Labute approximate surface area is 162 Å². The maximum atomic E-state index is 12.7. The normalized spacial score (nSPS) is 11.4.